The molecule has 1 aromatic carbocycles. The van der Waals surface area contributed by atoms with Crippen LogP contribution in [0.2, 0.25) is 0 Å². The number of aryl methyl sites for hydroxylation is 2. The highest BCUT2D eigenvalue weighted by atomic mass is 79.9. The molecule has 0 radical (unpaired) electrons. The van der Waals surface area contributed by atoms with E-state index < -0.39 is 0 Å². The second-order valence-electron chi connectivity index (χ2n) is 5.04. The maximum Gasteiger partial charge on any atom is 0.350 e. The lowest BCUT2D eigenvalue weighted by Gasteiger charge is -2.11. The van der Waals surface area contributed by atoms with Gasteiger partial charge < -0.3 is 9.15 Å². The zero-order valence-electron chi connectivity index (χ0n) is 11.2. The van der Waals surface area contributed by atoms with Gasteiger partial charge in [-0.05, 0) is 47.8 Å². The first-order chi connectivity index (χ1) is 9.04. The van der Waals surface area contributed by atoms with E-state index in [9.17, 15) is 4.79 Å². The molecule has 0 aliphatic carbocycles. The summed E-state index contributed by atoms with van der Waals surface area (Å²) in [6.07, 6.45) is 1.05. The van der Waals surface area contributed by atoms with Crippen LogP contribution in [0.5, 0.6) is 5.75 Å². The minimum Gasteiger partial charge on any atom is -0.492 e. The van der Waals surface area contributed by atoms with Crippen LogP contribution in [0.25, 0.3) is 11.0 Å². The van der Waals surface area contributed by atoms with Crippen LogP contribution < -0.4 is 10.4 Å². The average Bonchev–Trinajstić information content (AvgIpc) is 2.81. The predicted molar refractivity (Wildman–Crippen MR) is 78.2 cm³/mol. The molecule has 2 aromatic rings. The number of benzene rings is 1. The quantitative estimate of drug-likeness (QED) is 0.743. The summed E-state index contributed by atoms with van der Waals surface area (Å²) in [5, 5.41) is 0.992. The Kier molecular flexibility index (Phi) is 2.93. The van der Waals surface area contributed by atoms with Gasteiger partial charge in [0.1, 0.15) is 15.8 Å². The minimum atomic E-state index is -0.335. The molecule has 1 aliphatic heterocycles. The van der Waals surface area contributed by atoms with Gasteiger partial charge in [0.25, 0.3) is 0 Å². The summed E-state index contributed by atoms with van der Waals surface area (Å²) in [5.74, 6) is 1.33. The molecule has 3 rings (SSSR count). The molecule has 1 aromatic heterocycles. The van der Waals surface area contributed by atoms with Crippen LogP contribution in [0.1, 0.15) is 36.0 Å². The summed E-state index contributed by atoms with van der Waals surface area (Å²) in [5.41, 5.74) is 3.39. The Labute approximate surface area is 119 Å². The van der Waals surface area contributed by atoms with Crippen molar-refractivity contribution in [3.8, 4) is 5.75 Å². The number of halogens is 1. The molecule has 0 N–H and O–H groups in total. The highest BCUT2D eigenvalue weighted by Crippen LogP contribution is 2.42. The molecule has 1 atom stereocenters. The van der Waals surface area contributed by atoms with E-state index in [1.54, 1.807) is 0 Å². The highest BCUT2D eigenvalue weighted by molar-refractivity contribution is 9.10. The van der Waals surface area contributed by atoms with E-state index >= 15 is 0 Å². The minimum absolute atomic E-state index is 0.335. The van der Waals surface area contributed by atoms with Crippen molar-refractivity contribution < 1.29 is 9.15 Å². The van der Waals surface area contributed by atoms with E-state index in [2.05, 4.69) is 28.9 Å². The summed E-state index contributed by atoms with van der Waals surface area (Å²) in [4.78, 5) is 11.8. The van der Waals surface area contributed by atoms with Crippen LogP contribution in [-0.4, -0.2) is 6.61 Å². The SMILES string of the molecule is CCC1COc2c1cc1c(C)c(Br)c(=O)oc1c2C. The molecule has 0 saturated carbocycles. The van der Waals surface area contributed by atoms with Crippen LogP contribution in [0, 0.1) is 13.8 Å². The largest absolute Gasteiger partial charge is 0.492 e. The van der Waals surface area contributed by atoms with E-state index in [0.717, 1.165) is 28.7 Å². The van der Waals surface area contributed by atoms with Gasteiger partial charge in [-0.1, -0.05) is 6.92 Å². The molecule has 19 heavy (non-hydrogen) atoms. The first-order valence-corrected chi connectivity index (χ1v) is 7.23. The van der Waals surface area contributed by atoms with Gasteiger partial charge in [-0.2, -0.15) is 0 Å². The Morgan fingerprint density at radius 1 is 1.37 bits per heavy atom. The third-order valence-corrected chi connectivity index (χ3v) is 4.88. The second kappa shape index (κ2) is 4.37. The number of rotatable bonds is 1. The summed E-state index contributed by atoms with van der Waals surface area (Å²) < 4.78 is 11.7. The van der Waals surface area contributed by atoms with E-state index in [0.29, 0.717) is 22.6 Å². The van der Waals surface area contributed by atoms with Gasteiger partial charge in [0.15, 0.2) is 0 Å². The molecule has 4 heteroatoms. The number of fused-ring (bicyclic) bond motifs is 2. The maximum absolute atomic E-state index is 11.8. The second-order valence-corrected chi connectivity index (χ2v) is 5.83. The highest BCUT2D eigenvalue weighted by Gasteiger charge is 2.27. The van der Waals surface area contributed by atoms with Gasteiger partial charge >= 0.3 is 5.63 Å². The van der Waals surface area contributed by atoms with Crippen molar-refractivity contribution in [1.29, 1.82) is 0 Å². The molecule has 1 unspecified atom stereocenters. The van der Waals surface area contributed by atoms with Crippen molar-refractivity contribution in [2.24, 2.45) is 0 Å². The van der Waals surface area contributed by atoms with Crippen molar-refractivity contribution in [3.05, 3.63) is 37.6 Å². The van der Waals surface area contributed by atoms with Gasteiger partial charge in [-0.25, -0.2) is 4.79 Å². The molecule has 0 amide bonds. The van der Waals surface area contributed by atoms with Gasteiger partial charge in [-0.15, -0.1) is 0 Å². The van der Waals surface area contributed by atoms with E-state index in [4.69, 9.17) is 9.15 Å². The standard InChI is InChI=1S/C15H15BrO3/c1-4-9-6-18-13-8(3)14-10(5-11(9)13)7(2)12(16)15(17)19-14/h5,9H,4,6H2,1-3H3. The zero-order valence-corrected chi connectivity index (χ0v) is 12.8. The molecule has 0 spiro atoms. The number of hydrogen-bond donors (Lipinski definition) is 0. The smallest absolute Gasteiger partial charge is 0.350 e. The first-order valence-electron chi connectivity index (χ1n) is 6.43. The average molecular weight is 323 g/mol. The summed E-state index contributed by atoms with van der Waals surface area (Å²) in [6, 6.07) is 2.11. The van der Waals surface area contributed by atoms with Crippen LogP contribution in [0.15, 0.2) is 19.8 Å². The maximum atomic E-state index is 11.8. The van der Waals surface area contributed by atoms with Crippen molar-refractivity contribution in [2.75, 3.05) is 6.61 Å². The van der Waals surface area contributed by atoms with Crippen molar-refractivity contribution in [3.63, 3.8) is 0 Å². The topological polar surface area (TPSA) is 39.4 Å². The van der Waals surface area contributed by atoms with Gasteiger partial charge in [0, 0.05) is 22.4 Å². The fourth-order valence-corrected chi connectivity index (χ4v) is 3.03. The summed E-state index contributed by atoms with van der Waals surface area (Å²) in [7, 11) is 0. The van der Waals surface area contributed by atoms with E-state index in [1.807, 2.05) is 13.8 Å². The van der Waals surface area contributed by atoms with Crippen LogP contribution >= 0.6 is 15.9 Å². The van der Waals surface area contributed by atoms with Crippen molar-refractivity contribution in [1.82, 2.24) is 0 Å². The Morgan fingerprint density at radius 3 is 2.79 bits per heavy atom. The predicted octanol–water partition coefficient (Wildman–Crippen LogP) is 4.06. The molecule has 100 valence electrons. The lowest BCUT2D eigenvalue weighted by Crippen LogP contribution is -2.04. The van der Waals surface area contributed by atoms with Gasteiger partial charge in [0.05, 0.1) is 6.61 Å². The number of ether oxygens (including phenoxy) is 1. The lowest BCUT2D eigenvalue weighted by atomic mass is 9.94. The fourth-order valence-electron chi connectivity index (χ4n) is 2.73. The Hall–Kier alpha value is -1.29. The Bertz CT molecular complexity index is 730. The number of hydrogen-bond acceptors (Lipinski definition) is 3. The molecule has 3 nitrogen and oxygen atoms in total. The fraction of sp³-hybridized carbons (Fsp3) is 0.400. The molecule has 2 heterocycles. The normalized spacial score (nSPS) is 17.6. The van der Waals surface area contributed by atoms with Crippen LogP contribution in [0.3, 0.4) is 0 Å². The monoisotopic (exact) mass is 322 g/mol. The Balaban J connectivity index is 2.43. The third kappa shape index (κ3) is 1.73. The van der Waals surface area contributed by atoms with Gasteiger partial charge in [0.2, 0.25) is 0 Å². The van der Waals surface area contributed by atoms with E-state index in [-0.39, 0.29) is 5.63 Å². The summed E-state index contributed by atoms with van der Waals surface area (Å²) >= 11 is 3.30. The van der Waals surface area contributed by atoms with E-state index in [1.165, 1.54) is 5.56 Å². The summed E-state index contributed by atoms with van der Waals surface area (Å²) in [6.45, 7) is 6.77. The van der Waals surface area contributed by atoms with Gasteiger partial charge in [-0.3, -0.25) is 0 Å². The Morgan fingerprint density at radius 2 is 2.11 bits per heavy atom. The lowest BCUT2D eigenvalue weighted by molar-refractivity contribution is 0.326. The molecule has 0 bridgehead atoms. The molecule has 1 aliphatic rings. The van der Waals surface area contributed by atoms with Crippen molar-refractivity contribution >= 4 is 26.9 Å². The molecular formula is C15H15BrO3. The molecular weight excluding hydrogens is 308 g/mol. The van der Waals surface area contributed by atoms with Crippen LogP contribution in [0.4, 0.5) is 0 Å². The molecule has 0 saturated heterocycles. The van der Waals surface area contributed by atoms with Crippen molar-refractivity contribution in [2.45, 2.75) is 33.1 Å². The van der Waals surface area contributed by atoms with Crippen LogP contribution in [-0.2, 0) is 0 Å². The third-order valence-electron chi connectivity index (χ3n) is 3.96. The first kappa shape index (κ1) is 12.7. The molecule has 0 fully saturated rings. The zero-order chi connectivity index (χ0) is 13.7.